The normalized spacial score (nSPS) is 19.6. The van der Waals surface area contributed by atoms with E-state index in [1.165, 1.54) is 0 Å². The summed E-state index contributed by atoms with van der Waals surface area (Å²) < 4.78 is 5.31. The second-order valence-corrected chi connectivity index (χ2v) is 4.59. The number of ether oxygens (including phenoxy) is 1. The van der Waals surface area contributed by atoms with E-state index >= 15 is 0 Å². The molecule has 0 amide bonds. The van der Waals surface area contributed by atoms with Gasteiger partial charge in [0.15, 0.2) is 0 Å². The molecule has 1 aromatic rings. The second-order valence-electron chi connectivity index (χ2n) is 4.19. The lowest BCUT2D eigenvalue weighted by Crippen LogP contribution is -2.27. The molecule has 3 N–H and O–H groups in total. The number of aromatic hydroxyl groups is 1. The molecule has 3 nitrogen and oxygen atoms in total. The fourth-order valence-corrected chi connectivity index (χ4v) is 2.27. The van der Waals surface area contributed by atoms with Gasteiger partial charge in [-0.3, -0.25) is 0 Å². The molecule has 0 radical (unpaired) electrons. The van der Waals surface area contributed by atoms with Crippen LogP contribution in [0.4, 0.5) is 0 Å². The molecule has 16 heavy (non-hydrogen) atoms. The van der Waals surface area contributed by atoms with E-state index in [2.05, 4.69) is 0 Å². The fraction of sp³-hybridized carbons (Fsp3) is 0.500. The van der Waals surface area contributed by atoms with Crippen molar-refractivity contribution in [3.63, 3.8) is 0 Å². The summed E-state index contributed by atoms with van der Waals surface area (Å²) in [5.41, 5.74) is 7.17. The SMILES string of the molecule is N[C@H](c1ccc(O)c(Cl)c1)C1CCOCC1. The van der Waals surface area contributed by atoms with E-state index in [4.69, 9.17) is 22.1 Å². The quantitative estimate of drug-likeness (QED) is 0.836. The average molecular weight is 242 g/mol. The van der Waals surface area contributed by atoms with Crippen molar-refractivity contribution in [1.82, 2.24) is 0 Å². The van der Waals surface area contributed by atoms with Crippen LogP contribution in [0.3, 0.4) is 0 Å². The zero-order valence-corrected chi connectivity index (χ0v) is 9.78. The summed E-state index contributed by atoms with van der Waals surface area (Å²) >= 11 is 5.87. The first-order valence-electron chi connectivity index (χ1n) is 5.50. The maximum absolute atomic E-state index is 9.34. The predicted molar refractivity (Wildman–Crippen MR) is 63.6 cm³/mol. The lowest BCUT2D eigenvalue weighted by atomic mass is 9.88. The van der Waals surface area contributed by atoms with Gasteiger partial charge in [-0.15, -0.1) is 0 Å². The Morgan fingerprint density at radius 2 is 2.06 bits per heavy atom. The second kappa shape index (κ2) is 5.04. The fourth-order valence-electron chi connectivity index (χ4n) is 2.08. The highest BCUT2D eigenvalue weighted by atomic mass is 35.5. The van der Waals surface area contributed by atoms with Gasteiger partial charge in [0.25, 0.3) is 0 Å². The highest BCUT2D eigenvalue weighted by Crippen LogP contribution is 2.32. The lowest BCUT2D eigenvalue weighted by molar-refractivity contribution is 0.0584. The highest BCUT2D eigenvalue weighted by molar-refractivity contribution is 6.32. The molecule has 0 bridgehead atoms. The van der Waals surface area contributed by atoms with Crippen LogP contribution in [0.5, 0.6) is 5.75 Å². The van der Waals surface area contributed by atoms with Crippen molar-refractivity contribution >= 4 is 11.6 Å². The lowest BCUT2D eigenvalue weighted by Gasteiger charge is -2.28. The molecule has 1 aliphatic rings. The van der Waals surface area contributed by atoms with Crippen molar-refractivity contribution in [3.8, 4) is 5.75 Å². The molecular weight excluding hydrogens is 226 g/mol. The van der Waals surface area contributed by atoms with Crippen LogP contribution in [0.2, 0.25) is 5.02 Å². The Morgan fingerprint density at radius 1 is 1.38 bits per heavy atom. The van der Waals surface area contributed by atoms with Gasteiger partial charge in [-0.2, -0.15) is 0 Å². The number of halogens is 1. The Labute approximate surface area is 100 Å². The zero-order chi connectivity index (χ0) is 11.5. The van der Waals surface area contributed by atoms with Crippen LogP contribution in [-0.4, -0.2) is 18.3 Å². The van der Waals surface area contributed by atoms with Crippen molar-refractivity contribution in [1.29, 1.82) is 0 Å². The highest BCUT2D eigenvalue weighted by Gasteiger charge is 2.22. The average Bonchev–Trinajstić information content (AvgIpc) is 2.33. The molecule has 1 atom stereocenters. The van der Waals surface area contributed by atoms with Gasteiger partial charge in [-0.05, 0) is 36.5 Å². The molecule has 1 heterocycles. The molecular formula is C12H16ClNO2. The Morgan fingerprint density at radius 3 is 2.69 bits per heavy atom. The Kier molecular flexibility index (Phi) is 3.69. The third kappa shape index (κ3) is 2.48. The maximum atomic E-state index is 9.34. The van der Waals surface area contributed by atoms with Crippen molar-refractivity contribution < 1.29 is 9.84 Å². The van der Waals surface area contributed by atoms with Crippen molar-refractivity contribution in [2.24, 2.45) is 11.7 Å². The molecule has 4 heteroatoms. The summed E-state index contributed by atoms with van der Waals surface area (Å²) in [5.74, 6) is 0.541. The Bertz CT molecular complexity index is 364. The van der Waals surface area contributed by atoms with Crippen LogP contribution in [0, 0.1) is 5.92 Å². The van der Waals surface area contributed by atoms with Crippen LogP contribution in [0.15, 0.2) is 18.2 Å². The van der Waals surface area contributed by atoms with Crippen LogP contribution in [0.1, 0.15) is 24.4 Å². The van der Waals surface area contributed by atoms with Crippen LogP contribution >= 0.6 is 11.6 Å². The molecule has 0 spiro atoms. The Hall–Kier alpha value is -0.770. The first-order chi connectivity index (χ1) is 7.68. The van der Waals surface area contributed by atoms with Gasteiger partial charge < -0.3 is 15.6 Å². The van der Waals surface area contributed by atoms with Gasteiger partial charge in [-0.25, -0.2) is 0 Å². The standard InChI is InChI=1S/C12H16ClNO2/c13-10-7-9(1-2-11(10)15)12(14)8-3-5-16-6-4-8/h1-2,7-8,12,15H,3-6,14H2/t12-/m0/s1. The number of nitrogens with two attached hydrogens (primary N) is 1. The molecule has 1 aliphatic heterocycles. The van der Waals surface area contributed by atoms with Crippen molar-refractivity contribution in [3.05, 3.63) is 28.8 Å². The number of rotatable bonds is 2. The number of phenolic OH excluding ortho intramolecular Hbond substituents is 1. The van der Waals surface area contributed by atoms with Gasteiger partial charge in [0.2, 0.25) is 0 Å². The third-order valence-corrected chi connectivity index (χ3v) is 3.43. The summed E-state index contributed by atoms with van der Waals surface area (Å²) in [6, 6.07) is 5.15. The number of hydrogen-bond donors (Lipinski definition) is 2. The van der Waals surface area contributed by atoms with Gasteiger partial charge in [-0.1, -0.05) is 17.7 Å². The molecule has 88 valence electrons. The smallest absolute Gasteiger partial charge is 0.134 e. The van der Waals surface area contributed by atoms with Crippen LogP contribution < -0.4 is 5.73 Å². The molecule has 0 unspecified atom stereocenters. The number of benzene rings is 1. The van der Waals surface area contributed by atoms with E-state index in [0.29, 0.717) is 10.9 Å². The summed E-state index contributed by atoms with van der Waals surface area (Å²) in [6.45, 7) is 1.56. The molecule has 1 aromatic carbocycles. The van der Waals surface area contributed by atoms with Gasteiger partial charge in [0.05, 0.1) is 5.02 Å². The molecule has 1 saturated heterocycles. The predicted octanol–water partition coefficient (Wildman–Crippen LogP) is 2.47. The minimum atomic E-state index is -0.0259. The van der Waals surface area contributed by atoms with E-state index in [1.807, 2.05) is 6.07 Å². The summed E-state index contributed by atoms with van der Waals surface area (Å²) in [5, 5.41) is 9.70. The topological polar surface area (TPSA) is 55.5 Å². The monoisotopic (exact) mass is 241 g/mol. The van der Waals surface area contributed by atoms with Crippen LogP contribution in [-0.2, 0) is 4.74 Å². The van der Waals surface area contributed by atoms with Crippen molar-refractivity contribution in [2.75, 3.05) is 13.2 Å². The van der Waals surface area contributed by atoms with E-state index in [0.717, 1.165) is 31.6 Å². The van der Waals surface area contributed by atoms with Crippen LogP contribution in [0.25, 0.3) is 0 Å². The van der Waals surface area contributed by atoms with E-state index in [9.17, 15) is 5.11 Å². The van der Waals surface area contributed by atoms with Crippen molar-refractivity contribution in [2.45, 2.75) is 18.9 Å². The molecule has 0 aliphatic carbocycles. The van der Waals surface area contributed by atoms with Gasteiger partial charge in [0, 0.05) is 19.3 Å². The van der Waals surface area contributed by atoms with E-state index in [1.54, 1.807) is 12.1 Å². The minimum Gasteiger partial charge on any atom is -0.506 e. The number of hydrogen-bond acceptors (Lipinski definition) is 3. The summed E-state index contributed by atoms with van der Waals surface area (Å²) in [7, 11) is 0. The van der Waals surface area contributed by atoms with Gasteiger partial charge in [0.1, 0.15) is 5.75 Å². The van der Waals surface area contributed by atoms with Gasteiger partial charge >= 0.3 is 0 Å². The molecule has 0 aromatic heterocycles. The maximum Gasteiger partial charge on any atom is 0.134 e. The minimum absolute atomic E-state index is 0.0259. The van der Waals surface area contributed by atoms with E-state index < -0.39 is 0 Å². The van der Waals surface area contributed by atoms with E-state index in [-0.39, 0.29) is 11.8 Å². The molecule has 0 saturated carbocycles. The summed E-state index contributed by atoms with van der Waals surface area (Å²) in [6.07, 6.45) is 1.97. The summed E-state index contributed by atoms with van der Waals surface area (Å²) in [4.78, 5) is 0. The zero-order valence-electron chi connectivity index (χ0n) is 9.03. The first-order valence-corrected chi connectivity index (χ1v) is 5.88. The first kappa shape index (κ1) is 11.7. The largest absolute Gasteiger partial charge is 0.506 e. The third-order valence-electron chi connectivity index (χ3n) is 3.13. The molecule has 1 fully saturated rings. The Balaban J connectivity index is 2.12. The number of phenols is 1. The molecule has 2 rings (SSSR count).